The summed E-state index contributed by atoms with van der Waals surface area (Å²) in [7, 11) is 4.24. The summed E-state index contributed by atoms with van der Waals surface area (Å²) in [6.45, 7) is 3.63. The summed E-state index contributed by atoms with van der Waals surface area (Å²) < 4.78 is 40.9. The molecule has 1 amide bonds. The number of nitrogens with zero attached hydrogens (tertiary/aromatic N) is 2. The van der Waals surface area contributed by atoms with Crippen LogP contribution in [0.3, 0.4) is 0 Å². The number of halogens is 3. The third kappa shape index (κ3) is 5.01. The number of amides is 1. The summed E-state index contributed by atoms with van der Waals surface area (Å²) >= 11 is 0. The van der Waals surface area contributed by atoms with E-state index in [4.69, 9.17) is 0 Å². The lowest BCUT2D eigenvalue weighted by Crippen LogP contribution is -2.57. The van der Waals surface area contributed by atoms with Crippen LogP contribution in [0.1, 0.15) is 49.9 Å². The van der Waals surface area contributed by atoms with Crippen molar-refractivity contribution in [1.82, 2.24) is 15.2 Å². The van der Waals surface area contributed by atoms with Crippen molar-refractivity contribution >= 4 is 34.0 Å². The number of carbonyl (C=O) groups is 1. The van der Waals surface area contributed by atoms with Gasteiger partial charge in [-0.05, 0) is 76.2 Å². The van der Waals surface area contributed by atoms with Crippen LogP contribution < -0.4 is 10.6 Å². The molecule has 192 valence electrons. The molecule has 1 aromatic heterocycles. The molecule has 3 saturated carbocycles. The van der Waals surface area contributed by atoms with Gasteiger partial charge in [-0.1, -0.05) is 24.8 Å². The number of carbonyl (C=O) groups excluding carboxylic acids is 1. The minimum absolute atomic E-state index is 0.0189. The monoisotopic (exact) mass is 498 g/mol. The third-order valence-electron chi connectivity index (χ3n) is 7.94. The molecule has 5 nitrogen and oxygen atoms in total. The van der Waals surface area contributed by atoms with E-state index < -0.39 is 11.7 Å². The van der Waals surface area contributed by atoms with E-state index in [1.807, 2.05) is 12.1 Å². The molecule has 0 radical (unpaired) electrons. The molecule has 0 saturated heterocycles. The zero-order valence-corrected chi connectivity index (χ0v) is 20.8. The Hall–Kier alpha value is -2.87. The van der Waals surface area contributed by atoms with Crippen molar-refractivity contribution in [3.63, 3.8) is 0 Å². The fourth-order valence-corrected chi connectivity index (χ4v) is 5.65. The van der Waals surface area contributed by atoms with Crippen LogP contribution in [0.4, 0.5) is 18.9 Å². The van der Waals surface area contributed by atoms with E-state index in [9.17, 15) is 18.0 Å². The van der Waals surface area contributed by atoms with Gasteiger partial charge in [0.2, 0.25) is 5.91 Å². The van der Waals surface area contributed by atoms with E-state index in [-0.39, 0.29) is 17.5 Å². The first kappa shape index (κ1) is 24.8. The molecule has 2 N–H and O–H groups in total. The van der Waals surface area contributed by atoms with Gasteiger partial charge in [0.05, 0.1) is 17.0 Å². The normalized spacial score (nSPS) is 25.7. The lowest BCUT2D eigenvalue weighted by molar-refractivity contribution is -0.122. The molecule has 36 heavy (non-hydrogen) atoms. The summed E-state index contributed by atoms with van der Waals surface area (Å²) in [4.78, 5) is 18.4. The average Bonchev–Trinajstić information content (AvgIpc) is 3.61. The van der Waals surface area contributed by atoms with E-state index >= 15 is 0 Å². The molecule has 3 aliphatic rings. The number of nitrogens with one attached hydrogen (secondary N) is 2. The number of benzene rings is 1. The van der Waals surface area contributed by atoms with Crippen LogP contribution in [0.25, 0.3) is 22.4 Å². The van der Waals surface area contributed by atoms with Crippen LogP contribution in [0, 0.1) is 11.3 Å². The molecule has 0 unspecified atom stereocenters. The highest BCUT2D eigenvalue weighted by Crippen LogP contribution is 2.57. The Kier molecular flexibility index (Phi) is 6.35. The fraction of sp³-hybridized carbons (Fsp3) is 0.500. The SMILES string of the molecule is C=C(c1nc(/C=C/CNC(=O)C2CC2)cc2c(NC3CC4(C3)CC(N(C)C)C4)cccc12)C(F)(F)F. The van der Waals surface area contributed by atoms with Gasteiger partial charge >= 0.3 is 6.18 Å². The molecular formula is C28H33F3N4O. The minimum atomic E-state index is -4.59. The molecule has 0 bridgehead atoms. The smallest absolute Gasteiger partial charge is 0.382 e. The molecule has 8 heteroatoms. The first-order valence-corrected chi connectivity index (χ1v) is 12.6. The van der Waals surface area contributed by atoms with E-state index in [1.54, 1.807) is 24.3 Å². The molecule has 3 fully saturated rings. The predicted molar refractivity (Wildman–Crippen MR) is 137 cm³/mol. The number of fused-ring (bicyclic) bond motifs is 1. The molecule has 2 aromatic rings. The van der Waals surface area contributed by atoms with Gasteiger partial charge in [-0.2, -0.15) is 13.2 Å². The van der Waals surface area contributed by atoms with Crippen molar-refractivity contribution in [2.24, 2.45) is 11.3 Å². The maximum absolute atomic E-state index is 13.6. The number of aromatic nitrogens is 1. The van der Waals surface area contributed by atoms with E-state index in [2.05, 4.69) is 41.2 Å². The molecule has 5 rings (SSSR count). The molecule has 1 aromatic carbocycles. The summed E-state index contributed by atoms with van der Waals surface area (Å²) in [5, 5.41) is 7.53. The Morgan fingerprint density at radius 1 is 1.19 bits per heavy atom. The number of allylic oxidation sites excluding steroid dienone is 1. The van der Waals surface area contributed by atoms with Crippen molar-refractivity contribution in [3.05, 3.63) is 48.3 Å². The van der Waals surface area contributed by atoms with Gasteiger partial charge in [0.15, 0.2) is 0 Å². The van der Waals surface area contributed by atoms with Crippen molar-refractivity contribution in [3.8, 4) is 0 Å². The van der Waals surface area contributed by atoms with Crippen LogP contribution >= 0.6 is 0 Å². The van der Waals surface area contributed by atoms with Gasteiger partial charge in [-0.15, -0.1) is 0 Å². The zero-order valence-electron chi connectivity index (χ0n) is 20.8. The number of rotatable bonds is 8. The van der Waals surface area contributed by atoms with Crippen LogP contribution in [0.5, 0.6) is 0 Å². The largest absolute Gasteiger partial charge is 0.417 e. The molecular weight excluding hydrogens is 465 g/mol. The topological polar surface area (TPSA) is 57.3 Å². The average molecular weight is 499 g/mol. The van der Waals surface area contributed by atoms with Gasteiger partial charge in [0, 0.05) is 41.0 Å². The molecule has 1 heterocycles. The van der Waals surface area contributed by atoms with Crippen molar-refractivity contribution in [1.29, 1.82) is 0 Å². The zero-order chi connectivity index (χ0) is 25.7. The summed E-state index contributed by atoms with van der Waals surface area (Å²) in [6.07, 6.45) is 5.19. The number of hydrogen-bond acceptors (Lipinski definition) is 4. The van der Waals surface area contributed by atoms with Crippen molar-refractivity contribution < 1.29 is 18.0 Å². The van der Waals surface area contributed by atoms with Gasteiger partial charge in [0.1, 0.15) is 0 Å². The molecule has 1 spiro atoms. The minimum Gasteiger partial charge on any atom is -0.382 e. The quantitative estimate of drug-likeness (QED) is 0.495. The first-order valence-electron chi connectivity index (χ1n) is 12.6. The number of hydrogen-bond donors (Lipinski definition) is 2. The molecule has 0 aliphatic heterocycles. The Balaban J connectivity index is 1.37. The van der Waals surface area contributed by atoms with Gasteiger partial charge < -0.3 is 15.5 Å². The second kappa shape index (κ2) is 9.21. The number of anilines is 1. The Morgan fingerprint density at radius 2 is 1.92 bits per heavy atom. The third-order valence-corrected chi connectivity index (χ3v) is 7.94. The Bertz CT molecular complexity index is 1200. The maximum atomic E-state index is 13.6. The second-order valence-electron chi connectivity index (χ2n) is 11.0. The number of pyridine rings is 1. The highest BCUT2D eigenvalue weighted by molar-refractivity contribution is 6.00. The lowest BCUT2D eigenvalue weighted by atomic mass is 9.52. The molecule has 3 aliphatic carbocycles. The summed E-state index contributed by atoms with van der Waals surface area (Å²) in [5.41, 5.74) is 0.492. The maximum Gasteiger partial charge on any atom is 0.417 e. The van der Waals surface area contributed by atoms with Crippen LogP contribution in [-0.4, -0.2) is 54.7 Å². The van der Waals surface area contributed by atoms with Crippen LogP contribution in [0.15, 0.2) is 36.9 Å². The van der Waals surface area contributed by atoms with E-state index in [0.717, 1.165) is 31.4 Å². The predicted octanol–water partition coefficient (Wildman–Crippen LogP) is 5.63. The van der Waals surface area contributed by atoms with Gasteiger partial charge in [0.25, 0.3) is 0 Å². The van der Waals surface area contributed by atoms with E-state index in [1.165, 1.54) is 12.8 Å². The Morgan fingerprint density at radius 3 is 2.56 bits per heavy atom. The highest BCUT2D eigenvalue weighted by Gasteiger charge is 2.53. The Labute approximate surface area is 209 Å². The first-order chi connectivity index (χ1) is 17.0. The number of alkyl halides is 3. The second-order valence-corrected chi connectivity index (χ2v) is 11.0. The lowest BCUT2D eigenvalue weighted by Gasteiger charge is -2.59. The molecule has 0 atom stereocenters. The highest BCUT2D eigenvalue weighted by atomic mass is 19.4. The van der Waals surface area contributed by atoms with Crippen molar-refractivity contribution in [2.45, 2.75) is 56.8 Å². The standard InChI is InChI=1S/C28H33F3N4O/c1-17(28(29,30)31)25-22-7-4-8-24(33-20-13-27(14-20)15-21(16-27)35(2)3)23(22)12-19(34-25)6-5-11-32-26(36)18-9-10-18/h4-8,12,18,20-21,33H,1,9-11,13-16H2,2-3H3,(H,32,36)/b6-5+. The van der Waals surface area contributed by atoms with Crippen LogP contribution in [-0.2, 0) is 4.79 Å². The van der Waals surface area contributed by atoms with Crippen molar-refractivity contribution in [2.75, 3.05) is 26.0 Å². The summed E-state index contributed by atoms with van der Waals surface area (Å²) in [5.74, 6) is 0.122. The fourth-order valence-electron chi connectivity index (χ4n) is 5.65. The van der Waals surface area contributed by atoms with Gasteiger partial charge in [-0.25, -0.2) is 4.98 Å². The van der Waals surface area contributed by atoms with E-state index in [0.29, 0.717) is 40.5 Å². The van der Waals surface area contributed by atoms with Gasteiger partial charge in [-0.3, -0.25) is 4.79 Å². The summed E-state index contributed by atoms with van der Waals surface area (Å²) in [6, 6.07) is 8.11. The van der Waals surface area contributed by atoms with Crippen LogP contribution in [0.2, 0.25) is 0 Å².